The Morgan fingerprint density at radius 3 is 1.10 bits per heavy atom. The molecule has 6 N–H and O–H groups in total. The molecule has 170 valence electrons. The highest BCUT2D eigenvalue weighted by Gasteiger charge is 2.79. The molecule has 0 fully saturated rings. The highest BCUT2D eigenvalue weighted by atomic mass is 31.2. The van der Waals surface area contributed by atoms with E-state index in [-0.39, 0.29) is 0 Å². The predicted molar refractivity (Wildman–Crippen MR) is 99.2 cm³/mol. The standard InChI is InChI=1S/2C7H9N.C3H2F7O3P/c2*1-6-2-4-7(8)5-3-6;4-1(5,2(6,7)8)3(9,10)14(11,12)13/h2*2-5H,8H2,1H3;(H2,11,12,13). The third-order valence-electron chi connectivity index (χ3n) is 3.25. The SMILES string of the molecule is Cc1ccc(N)cc1.Cc1ccc(N)cc1.O=P(O)(O)C(F)(F)C(F)(F)C(F)(F)F. The molecule has 0 bridgehead atoms. The fourth-order valence-electron chi connectivity index (χ4n) is 1.49. The number of hydrogen-bond donors (Lipinski definition) is 4. The molecule has 0 aliphatic carbocycles. The number of anilines is 2. The molecule has 0 radical (unpaired) electrons. The van der Waals surface area contributed by atoms with Crippen LogP contribution in [0.3, 0.4) is 0 Å². The number of nitrogen functional groups attached to an aromatic ring is 2. The van der Waals surface area contributed by atoms with E-state index in [1.807, 2.05) is 62.4 Å². The van der Waals surface area contributed by atoms with Crippen molar-refractivity contribution >= 4 is 19.0 Å². The molecular formula is C17H20F7N2O3P. The van der Waals surface area contributed by atoms with E-state index in [1.165, 1.54) is 11.1 Å². The summed E-state index contributed by atoms with van der Waals surface area (Å²) in [4.78, 5) is 15.3. The van der Waals surface area contributed by atoms with Crippen LogP contribution in [0.15, 0.2) is 48.5 Å². The summed E-state index contributed by atoms with van der Waals surface area (Å²) < 4.78 is 91.2. The van der Waals surface area contributed by atoms with Crippen LogP contribution < -0.4 is 11.5 Å². The second-order valence-electron chi connectivity index (χ2n) is 5.98. The lowest BCUT2D eigenvalue weighted by Gasteiger charge is -2.28. The van der Waals surface area contributed by atoms with Gasteiger partial charge in [0.25, 0.3) is 0 Å². The van der Waals surface area contributed by atoms with Crippen LogP contribution in [0.25, 0.3) is 0 Å². The average molecular weight is 464 g/mol. The molecule has 0 atom stereocenters. The molecule has 0 aromatic heterocycles. The quantitative estimate of drug-likeness (QED) is 0.281. The van der Waals surface area contributed by atoms with Crippen LogP contribution in [0.1, 0.15) is 11.1 Å². The lowest BCUT2D eigenvalue weighted by molar-refractivity contribution is -0.335. The second kappa shape index (κ2) is 10.1. The Bertz CT molecular complexity index is 750. The Labute approximate surface area is 167 Å². The van der Waals surface area contributed by atoms with Gasteiger partial charge in [0.15, 0.2) is 0 Å². The molecule has 0 spiro atoms. The van der Waals surface area contributed by atoms with E-state index >= 15 is 0 Å². The summed E-state index contributed by atoms with van der Waals surface area (Å²) in [6.07, 6.45) is -6.74. The Kier molecular flexibility index (Phi) is 9.36. The predicted octanol–water partition coefficient (Wildman–Crippen LogP) is 5.11. The van der Waals surface area contributed by atoms with Crippen LogP contribution in [-0.2, 0) is 4.57 Å². The Hall–Kier alpha value is -2.30. The third kappa shape index (κ3) is 7.85. The number of benzene rings is 2. The fraction of sp³-hybridized carbons (Fsp3) is 0.294. The highest BCUT2D eigenvalue weighted by Crippen LogP contribution is 2.63. The van der Waals surface area contributed by atoms with Crippen molar-refractivity contribution in [2.75, 3.05) is 11.5 Å². The third-order valence-corrected chi connectivity index (χ3v) is 4.27. The van der Waals surface area contributed by atoms with E-state index in [4.69, 9.17) is 21.3 Å². The maximum atomic E-state index is 12.0. The van der Waals surface area contributed by atoms with E-state index in [0.717, 1.165) is 11.4 Å². The normalized spacial score (nSPS) is 12.2. The average Bonchev–Trinajstić information content (AvgIpc) is 2.59. The van der Waals surface area contributed by atoms with Crippen molar-refractivity contribution in [3.8, 4) is 0 Å². The molecule has 0 aliphatic rings. The van der Waals surface area contributed by atoms with Gasteiger partial charge in [0, 0.05) is 11.4 Å². The first-order valence-electron chi connectivity index (χ1n) is 7.85. The summed E-state index contributed by atoms with van der Waals surface area (Å²) in [5.74, 6) is -6.78. The number of halogens is 7. The van der Waals surface area contributed by atoms with Crippen molar-refractivity contribution in [2.24, 2.45) is 0 Å². The topological polar surface area (TPSA) is 110 Å². The molecule has 5 nitrogen and oxygen atoms in total. The summed E-state index contributed by atoms with van der Waals surface area (Å²) in [6.45, 7) is 4.08. The highest BCUT2D eigenvalue weighted by molar-refractivity contribution is 7.53. The lowest BCUT2D eigenvalue weighted by Crippen LogP contribution is -2.51. The molecule has 13 heteroatoms. The van der Waals surface area contributed by atoms with Gasteiger partial charge in [-0.15, -0.1) is 0 Å². The van der Waals surface area contributed by atoms with Gasteiger partial charge >= 0.3 is 25.4 Å². The van der Waals surface area contributed by atoms with E-state index in [2.05, 4.69) is 0 Å². The van der Waals surface area contributed by atoms with Crippen molar-refractivity contribution in [1.29, 1.82) is 0 Å². The van der Waals surface area contributed by atoms with Gasteiger partial charge in [0.05, 0.1) is 0 Å². The summed E-state index contributed by atoms with van der Waals surface area (Å²) >= 11 is 0. The summed E-state index contributed by atoms with van der Waals surface area (Å²) in [5.41, 5.74) is 8.54. The monoisotopic (exact) mass is 464 g/mol. The maximum absolute atomic E-state index is 12.0. The van der Waals surface area contributed by atoms with Crippen LogP contribution in [0, 0.1) is 13.8 Å². The van der Waals surface area contributed by atoms with Gasteiger partial charge in [0.2, 0.25) is 0 Å². The van der Waals surface area contributed by atoms with Gasteiger partial charge < -0.3 is 21.3 Å². The number of aryl methyl sites for hydroxylation is 2. The molecule has 0 saturated carbocycles. The molecule has 0 saturated heterocycles. The molecule has 0 aliphatic heterocycles. The first-order valence-corrected chi connectivity index (χ1v) is 9.46. The molecular weight excluding hydrogens is 444 g/mol. The van der Waals surface area contributed by atoms with Gasteiger partial charge in [0.1, 0.15) is 0 Å². The van der Waals surface area contributed by atoms with Crippen LogP contribution in [-0.4, -0.2) is 27.5 Å². The van der Waals surface area contributed by atoms with Gasteiger partial charge in [-0.05, 0) is 38.1 Å². The fourth-order valence-corrected chi connectivity index (χ4v) is 1.98. The minimum atomic E-state index is -6.89. The summed E-state index contributed by atoms with van der Waals surface area (Å²) in [5, 5.41) is 0. The smallest absolute Gasteiger partial charge is 0.399 e. The van der Waals surface area contributed by atoms with Crippen LogP contribution in [0.4, 0.5) is 42.1 Å². The number of nitrogens with two attached hydrogens (primary N) is 2. The van der Waals surface area contributed by atoms with Gasteiger partial charge in [-0.1, -0.05) is 35.4 Å². The number of alkyl halides is 7. The zero-order valence-corrected chi connectivity index (χ0v) is 16.6. The van der Waals surface area contributed by atoms with Crippen molar-refractivity contribution in [1.82, 2.24) is 0 Å². The minimum Gasteiger partial charge on any atom is -0.399 e. The molecule has 2 rings (SSSR count). The maximum Gasteiger partial charge on any atom is 0.460 e. The number of hydrogen-bond acceptors (Lipinski definition) is 3. The summed E-state index contributed by atoms with van der Waals surface area (Å²) in [7, 11) is -6.89. The second-order valence-corrected chi connectivity index (χ2v) is 7.63. The van der Waals surface area contributed by atoms with E-state index in [9.17, 15) is 35.3 Å². The zero-order chi connectivity index (χ0) is 24.0. The molecule has 0 unspecified atom stereocenters. The lowest BCUT2D eigenvalue weighted by atomic mass is 10.2. The van der Waals surface area contributed by atoms with Gasteiger partial charge in [-0.3, -0.25) is 4.57 Å². The van der Waals surface area contributed by atoms with Crippen molar-refractivity contribution in [3.63, 3.8) is 0 Å². The van der Waals surface area contributed by atoms with Crippen molar-refractivity contribution < 1.29 is 45.1 Å². The van der Waals surface area contributed by atoms with Crippen molar-refractivity contribution in [2.45, 2.75) is 31.6 Å². The van der Waals surface area contributed by atoms with Crippen LogP contribution in [0.5, 0.6) is 0 Å². The van der Waals surface area contributed by atoms with E-state index < -0.39 is 25.4 Å². The zero-order valence-electron chi connectivity index (χ0n) is 15.7. The van der Waals surface area contributed by atoms with Gasteiger partial charge in [-0.25, -0.2) is 0 Å². The molecule has 0 heterocycles. The molecule has 2 aromatic rings. The molecule has 0 amide bonds. The summed E-state index contributed by atoms with van der Waals surface area (Å²) in [6, 6.07) is 15.6. The Balaban J connectivity index is 0.000000447. The largest absolute Gasteiger partial charge is 0.460 e. The first-order chi connectivity index (χ1) is 13.3. The minimum absolute atomic E-state index is 0.829. The van der Waals surface area contributed by atoms with Gasteiger partial charge in [-0.2, -0.15) is 30.7 Å². The molecule has 2 aromatic carbocycles. The molecule has 30 heavy (non-hydrogen) atoms. The van der Waals surface area contributed by atoms with E-state index in [1.54, 1.807) is 0 Å². The van der Waals surface area contributed by atoms with Crippen molar-refractivity contribution in [3.05, 3.63) is 59.7 Å². The van der Waals surface area contributed by atoms with Crippen LogP contribution >= 0.6 is 7.60 Å². The Morgan fingerprint density at radius 1 is 0.700 bits per heavy atom. The van der Waals surface area contributed by atoms with Crippen LogP contribution in [0.2, 0.25) is 0 Å². The van der Waals surface area contributed by atoms with E-state index in [0.29, 0.717) is 0 Å². The Morgan fingerprint density at radius 2 is 0.967 bits per heavy atom. The number of rotatable bonds is 2. The first kappa shape index (κ1) is 27.7.